The van der Waals surface area contributed by atoms with E-state index in [-0.39, 0.29) is 11.1 Å². The molecule has 0 aliphatic rings. The van der Waals surface area contributed by atoms with Gasteiger partial charge in [-0.1, -0.05) is 0 Å². The summed E-state index contributed by atoms with van der Waals surface area (Å²) in [5.74, 6) is -0.438. The summed E-state index contributed by atoms with van der Waals surface area (Å²) in [6.45, 7) is 5.48. The van der Waals surface area contributed by atoms with Crippen LogP contribution >= 0.6 is 0 Å². The zero-order chi connectivity index (χ0) is 21.8. The van der Waals surface area contributed by atoms with Crippen LogP contribution in [0.2, 0.25) is 0 Å². The number of rotatable bonds is 6. The minimum Gasteiger partial charge on any atom is -0.497 e. The summed E-state index contributed by atoms with van der Waals surface area (Å²) in [6.07, 6.45) is -1.01. The number of fused-ring (bicyclic) bond motifs is 1. The van der Waals surface area contributed by atoms with Crippen molar-refractivity contribution in [2.45, 2.75) is 33.4 Å². The molecule has 8 heteroatoms. The first-order chi connectivity index (χ1) is 14.3. The molecular weight excluding hydrogens is 386 g/mol. The highest BCUT2D eigenvalue weighted by Gasteiger charge is 2.20. The topological polar surface area (TPSA) is 99.5 Å². The Balaban J connectivity index is 1.74. The Bertz CT molecular complexity index is 1150. The summed E-state index contributed by atoms with van der Waals surface area (Å²) >= 11 is 0. The van der Waals surface area contributed by atoms with E-state index in [0.717, 1.165) is 0 Å². The maximum absolute atomic E-state index is 12.5. The van der Waals surface area contributed by atoms with Crippen LogP contribution in [0.1, 0.15) is 29.9 Å². The molecule has 3 aromatic rings. The Morgan fingerprint density at radius 1 is 1.17 bits per heavy atom. The first kappa shape index (κ1) is 21.0. The fraction of sp³-hybridized carbons (Fsp3) is 0.273. The van der Waals surface area contributed by atoms with Gasteiger partial charge in [-0.2, -0.15) is 0 Å². The van der Waals surface area contributed by atoms with E-state index in [1.165, 1.54) is 6.92 Å². The van der Waals surface area contributed by atoms with Gasteiger partial charge in [-0.3, -0.25) is 9.59 Å². The molecule has 1 N–H and O–H groups in total. The third-order valence-corrected chi connectivity index (χ3v) is 4.67. The number of nitrogens with one attached hydrogen (secondary N) is 1. The van der Waals surface area contributed by atoms with E-state index in [2.05, 4.69) is 10.3 Å². The molecule has 1 atom stereocenters. The van der Waals surface area contributed by atoms with Gasteiger partial charge in [0.1, 0.15) is 11.4 Å². The van der Waals surface area contributed by atoms with Gasteiger partial charge in [0, 0.05) is 12.2 Å². The quantitative estimate of drug-likeness (QED) is 0.629. The van der Waals surface area contributed by atoms with Gasteiger partial charge in [0.25, 0.3) is 11.5 Å². The van der Waals surface area contributed by atoms with Crippen LogP contribution in [0.25, 0.3) is 11.0 Å². The molecule has 1 amide bonds. The number of benzene rings is 2. The van der Waals surface area contributed by atoms with Crippen LogP contribution in [0.5, 0.6) is 5.75 Å². The number of hydrogen-bond donors (Lipinski definition) is 1. The normalized spacial score (nSPS) is 11.7. The molecule has 0 aliphatic carbocycles. The van der Waals surface area contributed by atoms with Crippen molar-refractivity contribution in [3.05, 3.63) is 64.1 Å². The predicted molar refractivity (Wildman–Crippen MR) is 113 cm³/mol. The SMILES string of the molecule is CCn1c(=O)c(C)nc2cc(C(=O)O[C@@H](C)C(=O)Nc3ccc(OC)cc3)ccc21. The molecule has 0 spiro atoms. The van der Waals surface area contributed by atoms with Crippen molar-refractivity contribution in [2.24, 2.45) is 0 Å². The number of aromatic nitrogens is 2. The second-order valence-electron chi connectivity index (χ2n) is 6.72. The van der Waals surface area contributed by atoms with Gasteiger partial charge < -0.3 is 19.4 Å². The first-order valence-corrected chi connectivity index (χ1v) is 9.51. The van der Waals surface area contributed by atoms with E-state index >= 15 is 0 Å². The number of carbonyl (C=O) groups is 2. The molecular formula is C22H23N3O5. The Labute approximate surface area is 173 Å². The summed E-state index contributed by atoms with van der Waals surface area (Å²) in [5.41, 5.74) is 2.14. The summed E-state index contributed by atoms with van der Waals surface area (Å²) in [6, 6.07) is 11.6. The Morgan fingerprint density at radius 3 is 2.50 bits per heavy atom. The minimum absolute atomic E-state index is 0.163. The fourth-order valence-corrected chi connectivity index (χ4v) is 3.02. The van der Waals surface area contributed by atoms with Crippen molar-refractivity contribution in [1.82, 2.24) is 9.55 Å². The van der Waals surface area contributed by atoms with Gasteiger partial charge in [-0.05, 0) is 63.2 Å². The van der Waals surface area contributed by atoms with Gasteiger partial charge in [0.05, 0.1) is 23.7 Å². The van der Waals surface area contributed by atoms with E-state index in [4.69, 9.17) is 9.47 Å². The number of amides is 1. The van der Waals surface area contributed by atoms with Crippen LogP contribution in [-0.4, -0.2) is 34.6 Å². The van der Waals surface area contributed by atoms with E-state index in [1.54, 1.807) is 61.1 Å². The minimum atomic E-state index is -1.01. The highest BCUT2D eigenvalue weighted by Crippen LogP contribution is 2.17. The van der Waals surface area contributed by atoms with Crippen LogP contribution in [0.3, 0.4) is 0 Å². The third kappa shape index (κ3) is 4.32. The van der Waals surface area contributed by atoms with Crippen LogP contribution < -0.4 is 15.6 Å². The van der Waals surface area contributed by atoms with Gasteiger partial charge in [-0.15, -0.1) is 0 Å². The third-order valence-electron chi connectivity index (χ3n) is 4.67. The number of anilines is 1. The molecule has 156 valence electrons. The van der Waals surface area contributed by atoms with Crippen molar-refractivity contribution < 1.29 is 19.1 Å². The van der Waals surface area contributed by atoms with Gasteiger partial charge >= 0.3 is 5.97 Å². The van der Waals surface area contributed by atoms with Crippen molar-refractivity contribution in [2.75, 3.05) is 12.4 Å². The molecule has 0 saturated heterocycles. The zero-order valence-electron chi connectivity index (χ0n) is 17.3. The lowest BCUT2D eigenvalue weighted by Gasteiger charge is -2.14. The molecule has 2 aromatic carbocycles. The lowest BCUT2D eigenvalue weighted by molar-refractivity contribution is -0.123. The molecule has 0 unspecified atom stereocenters. The Kier molecular flexibility index (Phi) is 6.15. The van der Waals surface area contributed by atoms with E-state index in [9.17, 15) is 14.4 Å². The first-order valence-electron chi connectivity index (χ1n) is 9.51. The lowest BCUT2D eigenvalue weighted by atomic mass is 10.2. The summed E-state index contributed by atoms with van der Waals surface area (Å²) in [7, 11) is 1.56. The molecule has 0 aliphatic heterocycles. The van der Waals surface area contributed by atoms with Gasteiger partial charge in [0.2, 0.25) is 0 Å². The van der Waals surface area contributed by atoms with Crippen molar-refractivity contribution in [1.29, 1.82) is 0 Å². The molecule has 0 bridgehead atoms. The van der Waals surface area contributed by atoms with Crippen LogP contribution in [0.15, 0.2) is 47.3 Å². The largest absolute Gasteiger partial charge is 0.497 e. The zero-order valence-corrected chi connectivity index (χ0v) is 17.3. The number of nitrogens with zero attached hydrogens (tertiary/aromatic N) is 2. The standard InChI is InChI=1S/C22H23N3O5/c1-5-25-19-11-6-15(12-18(19)23-13(2)21(25)27)22(28)30-14(3)20(26)24-16-7-9-17(29-4)10-8-16/h6-12,14H,5H2,1-4H3,(H,24,26)/t14-/m0/s1. The molecule has 0 saturated carbocycles. The number of aryl methyl sites for hydroxylation is 2. The molecule has 8 nitrogen and oxygen atoms in total. The van der Waals surface area contributed by atoms with E-state index < -0.39 is 18.0 Å². The molecule has 0 radical (unpaired) electrons. The molecule has 30 heavy (non-hydrogen) atoms. The Hall–Kier alpha value is -3.68. The smallest absolute Gasteiger partial charge is 0.338 e. The molecule has 1 aromatic heterocycles. The average molecular weight is 409 g/mol. The van der Waals surface area contributed by atoms with Crippen LogP contribution in [0.4, 0.5) is 5.69 Å². The lowest BCUT2D eigenvalue weighted by Crippen LogP contribution is -2.30. The average Bonchev–Trinajstić information content (AvgIpc) is 2.74. The second kappa shape index (κ2) is 8.77. The highest BCUT2D eigenvalue weighted by atomic mass is 16.5. The number of hydrogen-bond acceptors (Lipinski definition) is 6. The van der Waals surface area contributed by atoms with Crippen molar-refractivity contribution >= 4 is 28.6 Å². The Morgan fingerprint density at radius 2 is 1.87 bits per heavy atom. The van der Waals surface area contributed by atoms with Gasteiger partial charge in [-0.25, -0.2) is 9.78 Å². The maximum atomic E-state index is 12.5. The van der Waals surface area contributed by atoms with Crippen LogP contribution in [-0.2, 0) is 16.1 Å². The summed E-state index contributed by atoms with van der Waals surface area (Å²) < 4.78 is 12.0. The number of carbonyl (C=O) groups excluding carboxylic acids is 2. The second-order valence-corrected chi connectivity index (χ2v) is 6.72. The summed E-state index contributed by atoms with van der Waals surface area (Å²) in [5, 5.41) is 2.69. The molecule has 0 fully saturated rings. The van der Waals surface area contributed by atoms with Crippen molar-refractivity contribution in [3.63, 3.8) is 0 Å². The number of esters is 1. The molecule has 1 heterocycles. The van der Waals surface area contributed by atoms with Crippen LogP contribution in [0, 0.1) is 6.92 Å². The van der Waals surface area contributed by atoms with Crippen molar-refractivity contribution in [3.8, 4) is 5.75 Å². The van der Waals surface area contributed by atoms with Gasteiger partial charge in [0.15, 0.2) is 6.10 Å². The van der Waals surface area contributed by atoms with E-state index in [1.807, 2.05) is 6.92 Å². The predicted octanol–water partition coefficient (Wildman–Crippen LogP) is 2.92. The van der Waals surface area contributed by atoms with E-state index in [0.29, 0.717) is 34.7 Å². The number of methoxy groups -OCH3 is 1. The maximum Gasteiger partial charge on any atom is 0.338 e. The molecule has 3 rings (SSSR count). The highest BCUT2D eigenvalue weighted by molar-refractivity contribution is 5.98. The number of ether oxygens (including phenoxy) is 2. The fourth-order valence-electron chi connectivity index (χ4n) is 3.02. The monoisotopic (exact) mass is 409 g/mol. The summed E-state index contributed by atoms with van der Waals surface area (Å²) in [4.78, 5) is 41.3.